The number of piperazine rings is 1. The SMILES string of the molecule is CCOC(=O)C1=C(CN2CCN(C(=O)NC(C)(C)C)CC2)N(CC)C(=O)NC1c1ccccc1C. The summed E-state index contributed by atoms with van der Waals surface area (Å²) in [5.41, 5.74) is 2.70. The van der Waals surface area contributed by atoms with Gasteiger partial charge in [-0.3, -0.25) is 9.80 Å². The molecule has 1 fully saturated rings. The molecule has 0 spiro atoms. The number of amides is 4. The van der Waals surface area contributed by atoms with Gasteiger partial charge < -0.3 is 20.3 Å². The number of nitrogens with zero attached hydrogens (tertiary/aromatic N) is 3. The molecule has 1 unspecified atom stereocenters. The minimum Gasteiger partial charge on any atom is -0.463 e. The Balaban J connectivity index is 1.90. The zero-order valence-corrected chi connectivity index (χ0v) is 21.8. The van der Waals surface area contributed by atoms with Gasteiger partial charge in [-0.2, -0.15) is 0 Å². The molecule has 9 heteroatoms. The van der Waals surface area contributed by atoms with Crippen LogP contribution in [0.1, 0.15) is 51.8 Å². The third kappa shape index (κ3) is 6.33. The molecular formula is C26H39N5O4. The van der Waals surface area contributed by atoms with Gasteiger partial charge in [0, 0.05) is 50.5 Å². The quantitative estimate of drug-likeness (QED) is 0.604. The summed E-state index contributed by atoms with van der Waals surface area (Å²) in [4.78, 5) is 44.6. The minimum absolute atomic E-state index is 0.0737. The van der Waals surface area contributed by atoms with Crippen molar-refractivity contribution < 1.29 is 19.1 Å². The zero-order chi connectivity index (χ0) is 25.8. The van der Waals surface area contributed by atoms with Crippen LogP contribution in [-0.4, -0.2) is 84.1 Å². The first-order valence-corrected chi connectivity index (χ1v) is 12.4. The van der Waals surface area contributed by atoms with E-state index >= 15 is 0 Å². The van der Waals surface area contributed by atoms with E-state index in [4.69, 9.17) is 4.74 Å². The Morgan fingerprint density at radius 3 is 2.34 bits per heavy atom. The van der Waals surface area contributed by atoms with E-state index in [1.165, 1.54) is 0 Å². The van der Waals surface area contributed by atoms with Gasteiger partial charge in [-0.1, -0.05) is 24.3 Å². The van der Waals surface area contributed by atoms with Crippen LogP contribution >= 0.6 is 0 Å². The van der Waals surface area contributed by atoms with E-state index in [1.54, 1.807) is 11.8 Å². The Kier molecular flexibility index (Phi) is 8.43. The molecule has 1 atom stereocenters. The summed E-state index contributed by atoms with van der Waals surface area (Å²) in [6.45, 7) is 15.1. The monoisotopic (exact) mass is 485 g/mol. The van der Waals surface area contributed by atoms with Gasteiger partial charge in [0.05, 0.1) is 18.2 Å². The molecule has 0 aliphatic carbocycles. The highest BCUT2D eigenvalue weighted by Crippen LogP contribution is 2.33. The fourth-order valence-corrected chi connectivity index (χ4v) is 4.52. The van der Waals surface area contributed by atoms with Crippen molar-refractivity contribution >= 4 is 18.0 Å². The Morgan fingerprint density at radius 2 is 1.77 bits per heavy atom. The van der Waals surface area contributed by atoms with E-state index in [1.807, 2.05) is 63.8 Å². The number of carbonyl (C=O) groups is 3. The summed E-state index contributed by atoms with van der Waals surface area (Å²) >= 11 is 0. The largest absolute Gasteiger partial charge is 0.463 e. The van der Waals surface area contributed by atoms with Gasteiger partial charge in [0.1, 0.15) is 0 Å². The van der Waals surface area contributed by atoms with Gasteiger partial charge in [0.15, 0.2) is 0 Å². The van der Waals surface area contributed by atoms with Crippen molar-refractivity contribution in [1.29, 1.82) is 0 Å². The molecular weight excluding hydrogens is 446 g/mol. The van der Waals surface area contributed by atoms with E-state index in [9.17, 15) is 14.4 Å². The summed E-state index contributed by atoms with van der Waals surface area (Å²) in [7, 11) is 0. The second-order valence-corrected chi connectivity index (χ2v) is 10.0. The van der Waals surface area contributed by atoms with Gasteiger partial charge in [-0.05, 0) is 52.7 Å². The molecule has 2 N–H and O–H groups in total. The summed E-state index contributed by atoms with van der Waals surface area (Å²) in [5.74, 6) is -0.419. The number of carbonyl (C=O) groups excluding carboxylic acids is 3. The van der Waals surface area contributed by atoms with Gasteiger partial charge >= 0.3 is 18.0 Å². The average molecular weight is 486 g/mol. The number of hydrogen-bond acceptors (Lipinski definition) is 5. The molecule has 192 valence electrons. The molecule has 9 nitrogen and oxygen atoms in total. The first-order chi connectivity index (χ1) is 16.6. The summed E-state index contributed by atoms with van der Waals surface area (Å²) in [6, 6.07) is 6.86. The summed E-state index contributed by atoms with van der Waals surface area (Å²) < 4.78 is 5.46. The first kappa shape index (κ1) is 26.5. The number of esters is 1. The lowest BCUT2D eigenvalue weighted by atomic mass is 9.91. The highest BCUT2D eigenvalue weighted by molar-refractivity contribution is 5.95. The maximum absolute atomic E-state index is 13.2. The summed E-state index contributed by atoms with van der Waals surface area (Å²) in [5, 5.41) is 6.03. The van der Waals surface area contributed by atoms with Crippen LogP contribution in [0.4, 0.5) is 9.59 Å². The lowest BCUT2D eigenvalue weighted by molar-refractivity contribution is -0.139. The molecule has 0 bridgehead atoms. The summed E-state index contributed by atoms with van der Waals surface area (Å²) in [6.07, 6.45) is 0. The predicted octanol–water partition coefficient (Wildman–Crippen LogP) is 3.02. The van der Waals surface area contributed by atoms with E-state index in [-0.39, 0.29) is 24.2 Å². The Bertz CT molecular complexity index is 976. The normalized spacial score (nSPS) is 19.5. The Hall–Kier alpha value is -3.07. The highest BCUT2D eigenvalue weighted by Gasteiger charge is 2.39. The second kappa shape index (κ2) is 11.1. The van der Waals surface area contributed by atoms with E-state index in [2.05, 4.69) is 15.5 Å². The molecule has 0 saturated carbocycles. The predicted molar refractivity (Wildman–Crippen MR) is 135 cm³/mol. The van der Waals surface area contributed by atoms with Crippen molar-refractivity contribution in [3.8, 4) is 0 Å². The highest BCUT2D eigenvalue weighted by atomic mass is 16.5. The second-order valence-electron chi connectivity index (χ2n) is 10.0. The maximum atomic E-state index is 13.2. The number of rotatable bonds is 6. The van der Waals surface area contributed by atoms with Crippen LogP contribution in [0.3, 0.4) is 0 Å². The molecule has 2 aliphatic rings. The van der Waals surface area contributed by atoms with Crippen LogP contribution in [0.15, 0.2) is 35.5 Å². The fraction of sp³-hybridized carbons (Fsp3) is 0.577. The third-order valence-electron chi connectivity index (χ3n) is 6.26. The number of benzene rings is 1. The first-order valence-electron chi connectivity index (χ1n) is 12.4. The standard InChI is InChI=1S/C26H39N5O4/c1-7-31-20(17-29-13-15-30(16-14-29)25(34)28-26(4,5)6)21(23(32)35-8-2)22(27-24(31)33)19-12-10-9-11-18(19)3/h9-12,22H,7-8,13-17H2,1-6H3,(H,27,33)(H,28,34). The lowest BCUT2D eigenvalue weighted by Gasteiger charge is -2.41. The lowest BCUT2D eigenvalue weighted by Crippen LogP contribution is -2.56. The van der Waals surface area contributed by atoms with Crippen molar-refractivity contribution in [3.05, 3.63) is 46.7 Å². The molecule has 4 amide bonds. The number of likely N-dealkylation sites (N-methyl/N-ethyl adjacent to an activating group) is 1. The van der Waals surface area contributed by atoms with Gasteiger partial charge in [-0.15, -0.1) is 0 Å². The Morgan fingerprint density at radius 1 is 1.11 bits per heavy atom. The van der Waals surface area contributed by atoms with E-state index in [0.717, 1.165) is 11.1 Å². The number of aryl methyl sites for hydroxylation is 1. The van der Waals surface area contributed by atoms with Crippen LogP contribution in [0.25, 0.3) is 0 Å². The van der Waals surface area contributed by atoms with Crippen molar-refractivity contribution in [2.24, 2.45) is 0 Å². The van der Waals surface area contributed by atoms with Crippen molar-refractivity contribution in [2.45, 2.75) is 53.1 Å². The van der Waals surface area contributed by atoms with Crippen LogP contribution < -0.4 is 10.6 Å². The van der Waals surface area contributed by atoms with Crippen molar-refractivity contribution in [1.82, 2.24) is 25.3 Å². The zero-order valence-electron chi connectivity index (χ0n) is 21.8. The molecule has 1 aromatic rings. The maximum Gasteiger partial charge on any atom is 0.338 e. The molecule has 0 aromatic heterocycles. The number of urea groups is 2. The van der Waals surface area contributed by atoms with Crippen LogP contribution in [-0.2, 0) is 9.53 Å². The van der Waals surface area contributed by atoms with Gasteiger partial charge in [0.25, 0.3) is 0 Å². The van der Waals surface area contributed by atoms with Crippen LogP contribution in [0.2, 0.25) is 0 Å². The molecule has 3 rings (SSSR count). The van der Waals surface area contributed by atoms with Crippen LogP contribution in [0.5, 0.6) is 0 Å². The molecule has 2 heterocycles. The molecule has 1 aromatic carbocycles. The molecule has 0 radical (unpaired) electrons. The topological polar surface area (TPSA) is 94.2 Å². The van der Waals surface area contributed by atoms with E-state index in [0.29, 0.717) is 50.5 Å². The van der Waals surface area contributed by atoms with Crippen LogP contribution in [0, 0.1) is 6.92 Å². The molecule has 1 saturated heterocycles. The molecule has 35 heavy (non-hydrogen) atoms. The van der Waals surface area contributed by atoms with E-state index < -0.39 is 12.0 Å². The van der Waals surface area contributed by atoms with Gasteiger partial charge in [-0.25, -0.2) is 14.4 Å². The Labute approximate surface area is 208 Å². The molecule has 2 aliphatic heterocycles. The van der Waals surface area contributed by atoms with Crippen molar-refractivity contribution in [2.75, 3.05) is 45.9 Å². The van der Waals surface area contributed by atoms with Crippen molar-refractivity contribution in [3.63, 3.8) is 0 Å². The fourth-order valence-electron chi connectivity index (χ4n) is 4.52. The van der Waals surface area contributed by atoms with Gasteiger partial charge in [0.2, 0.25) is 0 Å². The average Bonchev–Trinajstić information content (AvgIpc) is 2.78. The number of ether oxygens (including phenoxy) is 1. The minimum atomic E-state index is -0.584. The smallest absolute Gasteiger partial charge is 0.338 e. The third-order valence-corrected chi connectivity index (χ3v) is 6.26. The number of hydrogen-bond donors (Lipinski definition) is 2. The number of nitrogens with one attached hydrogen (secondary N) is 2.